The van der Waals surface area contributed by atoms with Gasteiger partial charge in [0.2, 0.25) is 0 Å². The van der Waals surface area contributed by atoms with Crippen LogP contribution in [0, 0.1) is 0 Å². The fourth-order valence-corrected chi connectivity index (χ4v) is 3.61. The standard InChI is InChI=1S/C18H20N4O3/c23-16(14-3-8-19-9-4-14)22-10-1-5-18(13-22)11-15(12-24-18)25-17-20-6-2-7-21-17/h2-4,6-9,15H,1,5,10-13H2/t15-,18+/m0/s1. The van der Waals surface area contributed by atoms with E-state index in [4.69, 9.17) is 9.47 Å². The number of ether oxygens (including phenoxy) is 2. The highest BCUT2D eigenvalue weighted by atomic mass is 16.6. The Bertz CT molecular complexity index is 728. The monoisotopic (exact) mass is 340 g/mol. The van der Waals surface area contributed by atoms with Crippen LogP contribution in [0.15, 0.2) is 43.0 Å². The van der Waals surface area contributed by atoms with Crippen molar-refractivity contribution in [3.05, 3.63) is 48.5 Å². The SMILES string of the molecule is O=C(c1ccncc1)N1CCC[C@@]2(C[C@H](Oc3ncccn3)CO2)C1. The Hall–Kier alpha value is -2.54. The van der Waals surface area contributed by atoms with Gasteiger partial charge in [-0.1, -0.05) is 0 Å². The highest BCUT2D eigenvalue weighted by molar-refractivity contribution is 5.94. The number of carbonyl (C=O) groups is 1. The van der Waals surface area contributed by atoms with Gasteiger partial charge in [-0.25, -0.2) is 9.97 Å². The van der Waals surface area contributed by atoms with Gasteiger partial charge in [0.15, 0.2) is 0 Å². The molecule has 0 unspecified atom stereocenters. The summed E-state index contributed by atoms with van der Waals surface area (Å²) in [6.45, 7) is 1.83. The van der Waals surface area contributed by atoms with Gasteiger partial charge in [-0.05, 0) is 31.0 Å². The largest absolute Gasteiger partial charge is 0.458 e. The molecule has 2 aliphatic heterocycles. The molecule has 0 radical (unpaired) electrons. The van der Waals surface area contributed by atoms with E-state index in [2.05, 4.69) is 15.0 Å². The summed E-state index contributed by atoms with van der Waals surface area (Å²) in [5.74, 6) is 0.0286. The lowest BCUT2D eigenvalue weighted by Gasteiger charge is -2.39. The van der Waals surface area contributed by atoms with Gasteiger partial charge in [0.05, 0.1) is 18.8 Å². The molecular weight excluding hydrogens is 320 g/mol. The van der Waals surface area contributed by atoms with Gasteiger partial charge in [-0.15, -0.1) is 0 Å². The first-order valence-corrected chi connectivity index (χ1v) is 8.51. The fraction of sp³-hybridized carbons (Fsp3) is 0.444. The van der Waals surface area contributed by atoms with Crippen molar-refractivity contribution in [3.63, 3.8) is 0 Å². The number of carbonyl (C=O) groups excluding carboxylic acids is 1. The van der Waals surface area contributed by atoms with E-state index in [1.54, 1.807) is 43.0 Å². The molecule has 2 aromatic rings. The minimum absolute atomic E-state index is 0.0286. The Labute approximate surface area is 146 Å². The maximum atomic E-state index is 12.7. The number of nitrogens with zero attached hydrogens (tertiary/aromatic N) is 4. The van der Waals surface area contributed by atoms with Crippen LogP contribution in [-0.4, -0.2) is 57.2 Å². The summed E-state index contributed by atoms with van der Waals surface area (Å²) in [5.41, 5.74) is 0.330. The Morgan fingerprint density at radius 3 is 2.84 bits per heavy atom. The number of piperidine rings is 1. The predicted octanol–water partition coefficient (Wildman–Crippen LogP) is 1.71. The molecule has 2 saturated heterocycles. The third kappa shape index (κ3) is 3.46. The van der Waals surface area contributed by atoms with E-state index in [9.17, 15) is 4.79 Å². The van der Waals surface area contributed by atoms with E-state index >= 15 is 0 Å². The Morgan fingerprint density at radius 2 is 2.04 bits per heavy atom. The van der Waals surface area contributed by atoms with Crippen molar-refractivity contribution in [1.29, 1.82) is 0 Å². The smallest absolute Gasteiger partial charge is 0.316 e. The molecule has 0 saturated carbocycles. The number of likely N-dealkylation sites (tertiary alicyclic amines) is 1. The zero-order valence-electron chi connectivity index (χ0n) is 13.9. The van der Waals surface area contributed by atoms with E-state index in [-0.39, 0.29) is 17.6 Å². The maximum Gasteiger partial charge on any atom is 0.316 e. The summed E-state index contributed by atoms with van der Waals surface area (Å²) in [6.07, 6.45) is 9.11. The molecule has 7 heteroatoms. The summed E-state index contributed by atoms with van der Waals surface area (Å²) in [7, 11) is 0. The maximum absolute atomic E-state index is 12.7. The topological polar surface area (TPSA) is 77.4 Å². The van der Waals surface area contributed by atoms with Crippen molar-refractivity contribution >= 4 is 5.91 Å². The highest BCUT2D eigenvalue weighted by Gasteiger charge is 2.45. The zero-order valence-corrected chi connectivity index (χ0v) is 13.9. The molecule has 0 aliphatic carbocycles. The zero-order chi connectivity index (χ0) is 17.1. The molecule has 25 heavy (non-hydrogen) atoms. The summed E-state index contributed by atoms with van der Waals surface area (Å²) >= 11 is 0. The summed E-state index contributed by atoms with van der Waals surface area (Å²) in [4.78, 5) is 26.7. The van der Waals surface area contributed by atoms with Crippen LogP contribution >= 0.6 is 0 Å². The molecule has 1 spiro atoms. The van der Waals surface area contributed by atoms with Crippen LogP contribution in [0.4, 0.5) is 0 Å². The lowest BCUT2D eigenvalue weighted by Crippen LogP contribution is -2.50. The van der Waals surface area contributed by atoms with Crippen molar-refractivity contribution in [2.24, 2.45) is 0 Å². The molecule has 1 amide bonds. The van der Waals surface area contributed by atoms with Crippen LogP contribution < -0.4 is 4.74 Å². The third-order valence-electron chi connectivity index (χ3n) is 4.74. The predicted molar refractivity (Wildman–Crippen MR) is 89.1 cm³/mol. The molecule has 7 nitrogen and oxygen atoms in total. The van der Waals surface area contributed by atoms with Gasteiger partial charge >= 0.3 is 6.01 Å². The quantitative estimate of drug-likeness (QED) is 0.847. The van der Waals surface area contributed by atoms with Crippen LogP contribution in [-0.2, 0) is 4.74 Å². The Balaban J connectivity index is 1.42. The minimum atomic E-state index is -0.333. The van der Waals surface area contributed by atoms with E-state index < -0.39 is 0 Å². The van der Waals surface area contributed by atoms with Crippen LogP contribution in [0.1, 0.15) is 29.6 Å². The Morgan fingerprint density at radius 1 is 1.24 bits per heavy atom. The first kappa shape index (κ1) is 16.0. The molecule has 0 N–H and O–H groups in total. The number of aromatic nitrogens is 3. The number of hydrogen-bond acceptors (Lipinski definition) is 6. The minimum Gasteiger partial charge on any atom is -0.458 e. The van der Waals surface area contributed by atoms with E-state index in [0.717, 1.165) is 25.8 Å². The molecule has 4 heterocycles. The van der Waals surface area contributed by atoms with Crippen LogP contribution in [0.2, 0.25) is 0 Å². The molecule has 2 aliphatic rings. The highest BCUT2D eigenvalue weighted by Crippen LogP contribution is 2.36. The number of amides is 1. The van der Waals surface area contributed by atoms with Gasteiger partial charge in [0.1, 0.15) is 6.10 Å². The van der Waals surface area contributed by atoms with Gasteiger partial charge < -0.3 is 14.4 Å². The summed E-state index contributed by atoms with van der Waals surface area (Å²) < 4.78 is 11.9. The second-order valence-corrected chi connectivity index (χ2v) is 6.54. The summed E-state index contributed by atoms with van der Waals surface area (Å²) in [6, 6.07) is 5.62. The van der Waals surface area contributed by atoms with Crippen LogP contribution in [0.3, 0.4) is 0 Å². The first-order chi connectivity index (χ1) is 12.2. The van der Waals surface area contributed by atoms with Crippen molar-refractivity contribution < 1.29 is 14.3 Å². The van der Waals surface area contributed by atoms with Crippen LogP contribution in [0.25, 0.3) is 0 Å². The number of pyridine rings is 1. The fourth-order valence-electron chi connectivity index (χ4n) is 3.61. The van der Waals surface area contributed by atoms with Gasteiger partial charge in [-0.2, -0.15) is 0 Å². The van der Waals surface area contributed by atoms with E-state index in [0.29, 0.717) is 24.7 Å². The molecule has 2 atom stereocenters. The van der Waals surface area contributed by atoms with Gasteiger partial charge in [0.25, 0.3) is 5.91 Å². The average molecular weight is 340 g/mol. The summed E-state index contributed by atoms with van der Waals surface area (Å²) in [5, 5.41) is 0. The van der Waals surface area contributed by atoms with Crippen molar-refractivity contribution in [2.75, 3.05) is 19.7 Å². The molecule has 0 aromatic carbocycles. The van der Waals surface area contributed by atoms with Crippen molar-refractivity contribution in [3.8, 4) is 6.01 Å². The molecule has 130 valence electrons. The molecule has 0 bridgehead atoms. The second kappa shape index (κ2) is 6.76. The van der Waals surface area contributed by atoms with Crippen LogP contribution in [0.5, 0.6) is 6.01 Å². The molecule has 2 aromatic heterocycles. The average Bonchev–Trinajstić information content (AvgIpc) is 3.04. The van der Waals surface area contributed by atoms with Crippen molar-refractivity contribution in [2.45, 2.75) is 31.0 Å². The molecular formula is C18H20N4O3. The third-order valence-corrected chi connectivity index (χ3v) is 4.74. The van der Waals surface area contributed by atoms with E-state index in [1.165, 1.54) is 0 Å². The Kier molecular flexibility index (Phi) is 4.31. The number of hydrogen-bond donors (Lipinski definition) is 0. The number of rotatable bonds is 3. The van der Waals surface area contributed by atoms with Gasteiger partial charge in [0, 0.05) is 43.3 Å². The van der Waals surface area contributed by atoms with Gasteiger partial charge in [-0.3, -0.25) is 9.78 Å². The first-order valence-electron chi connectivity index (χ1n) is 8.51. The van der Waals surface area contributed by atoms with E-state index in [1.807, 2.05) is 4.90 Å². The molecule has 4 rings (SSSR count). The molecule has 2 fully saturated rings. The normalized spacial score (nSPS) is 25.9. The second-order valence-electron chi connectivity index (χ2n) is 6.54. The lowest BCUT2D eigenvalue weighted by molar-refractivity contribution is -0.0453. The lowest BCUT2D eigenvalue weighted by atomic mass is 9.89. The van der Waals surface area contributed by atoms with Crippen molar-refractivity contribution in [1.82, 2.24) is 19.9 Å².